The van der Waals surface area contributed by atoms with Crippen molar-refractivity contribution in [3.63, 3.8) is 0 Å². The highest BCUT2D eigenvalue weighted by Crippen LogP contribution is 2.30. The van der Waals surface area contributed by atoms with Crippen molar-refractivity contribution in [2.75, 3.05) is 18.5 Å². The van der Waals surface area contributed by atoms with Crippen LogP contribution >= 0.6 is 0 Å². The van der Waals surface area contributed by atoms with E-state index in [9.17, 15) is 4.79 Å². The van der Waals surface area contributed by atoms with Crippen LogP contribution in [0.2, 0.25) is 0 Å². The lowest BCUT2D eigenvalue weighted by atomic mass is 10.1. The van der Waals surface area contributed by atoms with Gasteiger partial charge in [0, 0.05) is 12.7 Å². The predicted molar refractivity (Wildman–Crippen MR) is 97.3 cm³/mol. The molecule has 136 valence electrons. The van der Waals surface area contributed by atoms with Gasteiger partial charge in [0.25, 0.3) is 0 Å². The largest absolute Gasteiger partial charge is 0.490 e. The number of urea groups is 1. The molecule has 0 spiro atoms. The lowest BCUT2D eigenvalue weighted by Crippen LogP contribution is -2.31. The van der Waals surface area contributed by atoms with E-state index in [2.05, 4.69) is 15.7 Å². The van der Waals surface area contributed by atoms with Crippen LogP contribution in [0.15, 0.2) is 30.6 Å². The number of hydrogen-bond acceptors (Lipinski definition) is 4. The summed E-state index contributed by atoms with van der Waals surface area (Å²) in [6.45, 7) is 9.63. The number of nitrogens with zero attached hydrogens (tertiary/aromatic N) is 2. The van der Waals surface area contributed by atoms with Crippen molar-refractivity contribution < 1.29 is 14.3 Å². The number of carbonyl (C=O) groups is 1. The van der Waals surface area contributed by atoms with E-state index in [4.69, 9.17) is 9.47 Å². The summed E-state index contributed by atoms with van der Waals surface area (Å²) in [6.07, 6.45) is 3.41. The fraction of sp³-hybridized carbons (Fsp3) is 0.444. The predicted octanol–water partition coefficient (Wildman–Crippen LogP) is 3.58. The molecule has 2 aromatic rings. The molecule has 1 heterocycles. The molecule has 25 heavy (non-hydrogen) atoms. The fourth-order valence-electron chi connectivity index (χ4n) is 2.39. The number of rotatable bonds is 8. The maximum atomic E-state index is 12.2. The molecule has 0 aliphatic heterocycles. The van der Waals surface area contributed by atoms with Crippen LogP contribution in [-0.2, 0) is 6.54 Å². The van der Waals surface area contributed by atoms with Gasteiger partial charge in [-0.3, -0.25) is 4.68 Å². The van der Waals surface area contributed by atoms with Crippen molar-refractivity contribution in [1.82, 2.24) is 15.1 Å². The van der Waals surface area contributed by atoms with Crippen LogP contribution in [0.25, 0.3) is 0 Å². The molecule has 2 rings (SSSR count). The van der Waals surface area contributed by atoms with E-state index in [0.717, 1.165) is 12.1 Å². The molecule has 0 saturated carbocycles. The van der Waals surface area contributed by atoms with Gasteiger partial charge in [0.1, 0.15) is 0 Å². The second-order valence-electron chi connectivity index (χ2n) is 5.48. The Bertz CT molecular complexity index is 699. The molecule has 0 aliphatic carbocycles. The van der Waals surface area contributed by atoms with Gasteiger partial charge in [0.15, 0.2) is 11.5 Å². The molecule has 0 aliphatic rings. The zero-order valence-corrected chi connectivity index (χ0v) is 15.2. The number of aryl methyl sites for hydroxylation is 1. The molecule has 1 atom stereocenters. The first kappa shape index (κ1) is 18.6. The number of ether oxygens (including phenoxy) is 2. The summed E-state index contributed by atoms with van der Waals surface area (Å²) in [7, 11) is 0. The molecular weight excluding hydrogens is 320 g/mol. The number of amides is 2. The molecule has 2 amide bonds. The lowest BCUT2D eigenvalue weighted by Gasteiger charge is -2.17. The Morgan fingerprint density at radius 1 is 1.20 bits per heavy atom. The van der Waals surface area contributed by atoms with Crippen molar-refractivity contribution in [3.05, 3.63) is 36.2 Å². The Balaban J connectivity index is 2.02. The second kappa shape index (κ2) is 8.96. The zero-order chi connectivity index (χ0) is 18.2. The Morgan fingerprint density at radius 2 is 1.92 bits per heavy atom. The summed E-state index contributed by atoms with van der Waals surface area (Å²) < 4.78 is 12.9. The van der Waals surface area contributed by atoms with Crippen LogP contribution in [0.3, 0.4) is 0 Å². The minimum absolute atomic E-state index is 0.184. The van der Waals surface area contributed by atoms with Gasteiger partial charge < -0.3 is 20.1 Å². The Kier molecular flexibility index (Phi) is 6.68. The van der Waals surface area contributed by atoms with Crippen LogP contribution in [-0.4, -0.2) is 29.0 Å². The van der Waals surface area contributed by atoms with E-state index in [1.807, 2.05) is 45.9 Å². The number of nitrogens with one attached hydrogen (secondary N) is 2. The zero-order valence-electron chi connectivity index (χ0n) is 15.2. The van der Waals surface area contributed by atoms with Crippen LogP contribution in [0.1, 0.15) is 39.3 Å². The number of carbonyl (C=O) groups excluding carboxylic acids is 1. The Labute approximate surface area is 148 Å². The van der Waals surface area contributed by atoms with Gasteiger partial charge in [-0.1, -0.05) is 6.07 Å². The number of anilines is 1. The van der Waals surface area contributed by atoms with Crippen LogP contribution in [0, 0.1) is 0 Å². The molecule has 0 radical (unpaired) electrons. The topological polar surface area (TPSA) is 77.4 Å². The summed E-state index contributed by atoms with van der Waals surface area (Å²) in [4.78, 5) is 12.2. The normalized spacial score (nSPS) is 11.7. The van der Waals surface area contributed by atoms with Crippen LogP contribution in [0.5, 0.6) is 11.5 Å². The van der Waals surface area contributed by atoms with Gasteiger partial charge in [-0.2, -0.15) is 5.10 Å². The fourth-order valence-corrected chi connectivity index (χ4v) is 2.39. The number of aromatic nitrogens is 2. The molecule has 2 N–H and O–H groups in total. The molecule has 0 saturated heterocycles. The standard InChI is InChI=1S/C18H26N4O3/c1-5-22-12-15(11-19-22)21-18(23)20-13(4)14-8-9-16(24-6-2)17(10-14)25-7-3/h8-13H,5-7H2,1-4H3,(H2,20,21,23)/t13-/m1/s1. The minimum Gasteiger partial charge on any atom is -0.490 e. The Morgan fingerprint density at radius 3 is 2.56 bits per heavy atom. The number of benzene rings is 1. The third kappa shape index (κ3) is 5.14. The highest BCUT2D eigenvalue weighted by molar-refractivity contribution is 5.89. The average molecular weight is 346 g/mol. The maximum Gasteiger partial charge on any atom is 0.319 e. The smallest absolute Gasteiger partial charge is 0.319 e. The van der Waals surface area contributed by atoms with E-state index >= 15 is 0 Å². The molecule has 0 unspecified atom stereocenters. The van der Waals surface area contributed by atoms with Crippen molar-refractivity contribution >= 4 is 11.7 Å². The van der Waals surface area contributed by atoms with E-state index in [1.54, 1.807) is 17.1 Å². The van der Waals surface area contributed by atoms with Crippen molar-refractivity contribution in [3.8, 4) is 11.5 Å². The highest BCUT2D eigenvalue weighted by atomic mass is 16.5. The monoisotopic (exact) mass is 346 g/mol. The van der Waals surface area contributed by atoms with E-state index < -0.39 is 0 Å². The van der Waals surface area contributed by atoms with E-state index in [-0.39, 0.29) is 12.1 Å². The molecule has 1 aromatic carbocycles. The van der Waals surface area contributed by atoms with Gasteiger partial charge >= 0.3 is 6.03 Å². The van der Waals surface area contributed by atoms with Gasteiger partial charge in [-0.25, -0.2) is 4.79 Å². The Hall–Kier alpha value is -2.70. The molecule has 0 fully saturated rings. The number of hydrogen-bond donors (Lipinski definition) is 2. The first-order chi connectivity index (χ1) is 12.1. The average Bonchev–Trinajstić information content (AvgIpc) is 3.04. The molecule has 0 bridgehead atoms. The van der Waals surface area contributed by atoms with E-state index in [0.29, 0.717) is 30.4 Å². The van der Waals surface area contributed by atoms with Crippen molar-refractivity contribution in [2.24, 2.45) is 0 Å². The van der Waals surface area contributed by atoms with Gasteiger partial charge in [-0.15, -0.1) is 0 Å². The SMILES string of the molecule is CCOc1ccc([C@@H](C)NC(=O)Nc2cnn(CC)c2)cc1OCC. The quantitative estimate of drug-likeness (QED) is 0.766. The van der Waals surface area contributed by atoms with Crippen LogP contribution < -0.4 is 20.1 Å². The summed E-state index contributed by atoms with van der Waals surface area (Å²) in [5.74, 6) is 1.39. The van der Waals surface area contributed by atoms with Crippen molar-refractivity contribution in [2.45, 2.75) is 40.3 Å². The third-order valence-corrected chi connectivity index (χ3v) is 3.63. The lowest BCUT2D eigenvalue weighted by molar-refractivity contribution is 0.249. The van der Waals surface area contributed by atoms with Crippen molar-refractivity contribution in [1.29, 1.82) is 0 Å². The van der Waals surface area contributed by atoms with E-state index in [1.165, 1.54) is 0 Å². The molecule has 7 heteroatoms. The first-order valence-corrected chi connectivity index (χ1v) is 8.56. The minimum atomic E-state index is -0.282. The molecular formula is C18H26N4O3. The molecule has 1 aromatic heterocycles. The highest BCUT2D eigenvalue weighted by Gasteiger charge is 2.13. The summed E-state index contributed by atoms with van der Waals surface area (Å²) in [6, 6.07) is 5.22. The van der Waals surface area contributed by atoms with Gasteiger partial charge in [0.2, 0.25) is 0 Å². The summed E-state index contributed by atoms with van der Waals surface area (Å²) in [5, 5.41) is 9.82. The summed E-state index contributed by atoms with van der Waals surface area (Å²) in [5.41, 5.74) is 1.60. The first-order valence-electron chi connectivity index (χ1n) is 8.56. The summed E-state index contributed by atoms with van der Waals surface area (Å²) >= 11 is 0. The second-order valence-corrected chi connectivity index (χ2v) is 5.48. The van der Waals surface area contributed by atoms with Gasteiger partial charge in [0.05, 0.1) is 31.1 Å². The molecule has 7 nitrogen and oxygen atoms in total. The third-order valence-electron chi connectivity index (χ3n) is 3.63. The van der Waals surface area contributed by atoms with Crippen LogP contribution in [0.4, 0.5) is 10.5 Å². The maximum absolute atomic E-state index is 12.2. The van der Waals surface area contributed by atoms with Gasteiger partial charge in [-0.05, 0) is 45.4 Å².